The van der Waals surface area contributed by atoms with E-state index in [1.165, 1.54) is 11.6 Å². The van der Waals surface area contributed by atoms with E-state index in [9.17, 15) is 19.2 Å². The number of esters is 1. The molecule has 2 aromatic carbocycles. The maximum atomic E-state index is 13.0. The Morgan fingerprint density at radius 2 is 1.62 bits per heavy atom. The molecule has 0 saturated carbocycles. The van der Waals surface area contributed by atoms with E-state index in [4.69, 9.17) is 4.74 Å². The predicted octanol–water partition coefficient (Wildman–Crippen LogP) is 3.63. The van der Waals surface area contributed by atoms with Crippen LogP contribution in [0.1, 0.15) is 55.1 Å². The van der Waals surface area contributed by atoms with Crippen LogP contribution in [0.15, 0.2) is 59.4 Å². The van der Waals surface area contributed by atoms with Crippen molar-refractivity contribution in [2.75, 3.05) is 6.61 Å². The Hall–Kier alpha value is -4.33. The van der Waals surface area contributed by atoms with Gasteiger partial charge >= 0.3 is 5.97 Å². The first-order chi connectivity index (χ1) is 16.3. The molecule has 0 fully saturated rings. The normalized spacial score (nSPS) is 10.9. The number of aromatic nitrogens is 3. The van der Waals surface area contributed by atoms with Gasteiger partial charge in [0.2, 0.25) is 5.78 Å². The maximum Gasteiger partial charge on any atom is 0.359 e. The van der Waals surface area contributed by atoms with Crippen molar-refractivity contribution in [3.63, 3.8) is 0 Å². The molecule has 0 saturated heterocycles. The summed E-state index contributed by atoms with van der Waals surface area (Å²) in [6.07, 6.45) is 0. The van der Waals surface area contributed by atoms with Crippen molar-refractivity contribution >= 4 is 28.3 Å². The molecule has 0 aliphatic carbocycles. The van der Waals surface area contributed by atoms with Crippen LogP contribution in [0.5, 0.6) is 0 Å². The number of rotatable bonds is 7. The number of H-pyrrole nitrogens is 1. The third-order valence-corrected chi connectivity index (χ3v) is 5.64. The molecule has 1 N–H and O–H groups in total. The van der Waals surface area contributed by atoms with Gasteiger partial charge in [-0.2, -0.15) is 5.10 Å². The van der Waals surface area contributed by atoms with Gasteiger partial charge in [0.15, 0.2) is 18.1 Å². The molecule has 0 amide bonds. The number of carbonyl (C=O) groups is 3. The molecule has 172 valence electrons. The Labute approximate surface area is 195 Å². The fourth-order valence-electron chi connectivity index (χ4n) is 4.08. The molecule has 0 aliphatic heterocycles. The molecule has 4 rings (SSSR count). The molecule has 8 nitrogen and oxygen atoms in total. The molecule has 0 bridgehead atoms. The van der Waals surface area contributed by atoms with Crippen LogP contribution in [0, 0.1) is 13.8 Å². The number of aromatic amines is 1. The van der Waals surface area contributed by atoms with E-state index in [-0.39, 0.29) is 29.3 Å². The second-order valence-electron chi connectivity index (χ2n) is 8.02. The summed E-state index contributed by atoms with van der Waals surface area (Å²) < 4.78 is 6.51. The van der Waals surface area contributed by atoms with Crippen molar-refractivity contribution in [2.24, 2.45) is 0 Å². The van der Waals surface area contributed by atoms with Crippen molar-refractivity contribution in [1.29, 1.82) is 0 Å². The van der Waals surface area contributed by atoms with Crippen LogP contribution in [0.4, 0.5) is 0 Å². The van der Waals surface area contributed by atoms with Gasteiger partial charge in [-0.1, -0.05) is 48.5 Å². The highest BCUT2D eigenvalue weighted by Crippen LogP contribution is 2.20. The molecular formula is C26H23N3O5. The average Bonchev–Trinajstić information content (AvgIpc) is 3.13. The molecule has 0 aliphatic rings. The number of nitrogens with one attached hydrogen (secondary N) is 1. The highest BCUT2D eigenvalue weighted by molar-refractivity contribution is 6.06. The third-order valence-electron chi connectivity index (χ3n) is 5.64. The minimum Gasteiger partial charge on any atom is -0.452 e. The number of ether oxygens (including phenoxy) is 1. The summed E-state index contributed by atoms with van der Waals surface area (Å²) in [6, 6.07) is 15.9. The van der Waals surface area contributed by atoms with Crippen LogP contribution in [0.2, 0.25) is 0 Å². The Morgan fingerprint density at radius 1 is 0.971 bits per heavy atom. The minimum absolute atomic E-state index is 0.0530. The van der Waals surface area contributed by atoms with E-state index in [0.717, 1.165) is 5.56 Å². The third kappa shape index (κ3) is 4.30. The van der Waals surface area contributed by atoms with Crippen molar-refractivity contribution in [2.45, 2.75) is 27.3 Å². The average molecular weight is 457 g/mol. The van der Waals surface area contributed by atoms with Gasteiger partial charge in [-0.3, -0.25) is 14.4 Å². The fraction of sp³-hybridized carbons (Fsp3) is 0.192. The van der Waals surface area contributed by atoms with E-state index in [1.807, 2.05) is 30.3 Å². The first-order valence-corrected chi connectivity index (χ1v) is 10.7. The number of benzene rings is 2. The quantitative estimate of drug-likeness (QED) is 0.335. The molecule has 8 heteroatoms. The number of hydrogen-bond donors (Lipinski definition) is 1. The van der Waals surface area contributed by atoms with Crippen LogP contribution in [0.3, 0.4) is 0 Å². The summed E-state index contributed by atoms with van der Waals surface area (Å²) in [5.74, 6) is -1.44. The summed E-state index contributed by atoms with van der Waals surface area (Å²) >= 11 is 0. The van der Waals surface area contributed by atoms with Gasteiger partial charge in [0, 0.05) is 16.6 Å². The smallest absolute Gasteiger partial charge is 0.359 e. The summed E-state index contributed by atoms with van der Waals surface area (Å²) in [5, 5.41) is 4.95. The van der Waals surface area contributed by atoms with Crippen LogP contribution >= 0.6 is 0 Å². The maximum absolute atomic E-state index is 13.0. The number of hydrogen-bond acceptors (Lipinski definition) is 6. The topological polar surface area (TPSA) is 111 Å². The van der Waals surface area contributed by atoms with Gasteiger partial charge < -0.3 is 9.72 Å². The van der Waals surface area contributed by atoms with Crippen molar-refractivity contribution in [3.05, 3.63) is 98.7 Å². The van der Waals surface area contributed by atoms with Gasteiger partial charge in [0.1, 0.15) is 0 Å². The van der Waals surface area contributed by atoms with Gasteiger partial charge in [0.25, 0.3) is 5.56 Å². The lowest BCUT2D eigenvalue weighted by molar-refractivity contribution is 0.0467. The van der Waals surface area contributed by atoms with E-state index >= 15 is 0 Å². The summed E-state index contributed by atoms with van der Waals surface area (Å²) in [4.78, 5) is 53.4. The standard InChI is InChI=1S/C26H23N3O5/c1-15-22(17(3)30)16(2)27-23(15)21(31)14-34-26(33)24-19-11-7-8-12-20(19)25(32)29(28-24)13-18-9-5-4-6-10-18/h4-12,27H,13-14H2,1-3H3. The molecule has 0 spiro atoms. The Kier molecular flexibility index (Phi) is 6.23. The van der Waals surface area contributed by atoms with Crippen LogP contribution < -0.4 is 5.56 Å². The summed E-state index contributed by atoms with van der Waals surface area (Å²) in [6.45, 7) is 4.45. The van der Waals surface area contributed by atoms with Crippen molar-refractivity contribution < 1.29 is 19.1 Å². The molecule has 2 heterocycles. The first-order valence-electron chi connectivity index (χ1n) is 10.7. The molecule has 2 aromatic heterocycles. The van der Waals surface area contributed by atoms with Crippen LogP contribution in [0.25, 0.3) is 10.8 Å². The lowest BCUT2D eigenvalue weighted by atomic mass is 10.1. The van der Waals surface area contributed by atoms with Gasteiger partial charge in [-0.15, -0.1) is 0 Å². The number of carbonyl (C=O) groups excluding carboxylic acids is 3. The molecule has 4 aromatic rings. The fourth-order valence-corrected chi connectivity index (χ4v) is 4.08. The zero-order valence-corrected chi connectivity index (χ0v) is 19.0. The highest BCUT2D eigenvalue weighted by Gasteiger charge is 2.23. The first kappa shape index (κ1) is 22.8. The lowest BCUT2D eigenvalue weighted by Gasteiger charge is -2.11. The van der Waals surface area contributed by atoms with Crippen molar-refractivity contribution in [1.82, 2.24) is 14.8 Å². The molecule has 0 radical (unpaired) electrons. The largest absolute Gasteiger partial charge is 0.452 e. The van der Waals surface area contributed by atoms with Gasteiger partial charge in [-0.05, 0) is 38.0 Å². The predicted molar refractivity (Wildman–Crippen MR) is 126 cm³/mol. The van der Waals surface area contributed by atoms with E-state index < -0.39 is 18.4 Å². The van der Waals surface area contributed by atoms with E-state index in [0.29, 0.717) is 27.6 Å². The number of Topliss-reactive ketones (excluding diaryl/α,β-unsaturated/α-hetero) is 2. The molecule has 0 unspecified atom stereocenters. The second-order valence-corrected chi connectivity index (χ2v) is 8.02. The monoisotopic (exact) mass is 457 g/mol. The lowest BCUT2D eigenvalue weighted by Crippen LogP contribution is -2.27. The Balaban J connectivity index is 1.63. The van der Waals surface area contributed by atoms with Gasteiger partial charge in [-0.25, -0.2) is 9.48 Å². The number of nitrogens with zero attached hydrogens (tertiary/aromatic N) is 2. The molecule has 34 heavy (non-hydrogen) atoms. The summed E-state index contributed by atoms with van der Waals surface area (Å²) in [5.41, 5.74) is 2.24. The van der Waals surface area contributed by atoms with Crippen molar-refractivity contribution in [3.8, 4) is 0 Å². The van der Waals surface area contributed by atoms with Crippen LogP contribution in [-0.2, 0) is 11.3 Å². The number of fused-ring (bicyclic) bond motifs is 1. The molecule has 0 atom stereocenters. The van der Waals surface area contributed by atoms with E-state index in [2.05, 4.69) is 10.1 Å². The Morgan fingerprint density at radius 3 is 2.26 bits per heavy atom. The van der Waals surface area contributed by atoms with Crippen LogP contribution in [-0.4, -0.2) is 38.9 Å². The number of ketones is 2. The zero-order chi connectivity index (χ0) is 24.4. The highest BCUT2D eigenvalue weighted by atomic mass is 16.5. The number of aryl methyl sites for hydroxylation is 1. The Bertz CT molecular complexity index is 1480. The van der Waals surface area contributed by atoms with Gasteiger partial charge in [0.05, 0.1) is 17.6 Å². The second kappa shape index (κ2) is 9.27. The SMILES string of the molecule is CC(=O)c1c(C)[nH]c(C(=O)COC(=O)c2nn(Cc3ccccc3)c(=O)c3ccccc23)c1C. The zero-order valence-electron chi connectivity index (χ0n) is 19.0. The molecular weight excluding hydrogens is 434 g/mol. The minimum atomic E-state index is -0.820. The summed E-state index contributed by atoms with van der Waals surface area (Å²) in [7, 11) is 0. The van der Waals surface area contributed by atoms with E-state index in [1.54, 1.807) is 38.1 Å².